The lowest BCUT2D eigenvalue weighted by atomic mass is 10.2. The summed E-state index contributed by atoms with van der Waals surface area (Å²) in [6, 6.07) is 17.6. The summed E-state index contributed by atoms with van der Waals surface area (Å²) in [4.78, 5) is 10.0. The normalized spacial score (nSPS) is 11.2. The molecule has 5 aromatic rings. The number of fused-ring (bicyclic) bond motifs is 1. The van der Waals surface area contributed by atoms with Gasteiger partial charge in [0.2, 0.25) is 10.1 Å². The van der Waals surface area contributed by atoms with Crippen LogP contribution in [0.1, 0.15) is 5.82 Å². The number of hydrogen-bond acceptors (Lipinski definition) is 6. The quantitative estimate of drug-likeness (QED) is 0.420. The Morgan fingerprint density at radius 3 is 2.62 bits per heavy atom. The molecule has 0 saturated heterocycles. The van der Waals surface area contributed by atoms with Gasteiger partial charge >= 0.3 is 0 Å². The molecule has 0 aliphatic heterocycles. The topological polar surface area (TPSA) is 83.8 Å². The van der Waals surface area contributed by atoms with Gasteiger partial charge in [-0.25, -0.2) is 14.5 Å². The number of nitrogens with one attached hydrogen (secondary N) is 2. The third-order valence-electron chi connectivity index (χ3n) is 4.38. The van der Waals surface area contributed by atoms with E-state index in [4.69, 9.17) is 11.6 Å². The second kappa shape index (κ2) is 7.65. The second-order valence-corrected chi connectivity index (χ2v) is 7.81. The highest BCUT2D eigenvalue weighted by Crippen LogP contribution is 2.24. The van der Waals surface area contributed by atoms with Gasteiger partial charge in [-0.05, 0) is 24.3 Å². The molecule has 7 nitrogen and oxygen atoms in total. The van der Waals surface area contributed by atoms with Crippen LogP contribution in [-0.4, -0.2) is 36.3 Å². The summed E-state index contributed by atoms with van der Waals surface area (Å²) in [5.41, 5.74) is 2.94. The molecule has 2 aromatic carbocycles. The van der Waals surface area contributed by atoms with E-state index < -0.39 is 0 Å². The van der Waals surface area contributed by atoms with Crippen LogP contribution in [0.4, 0.5) is 5.13 Å². The molecule has 29 heavy (non-hydrogen) atoms. The van der Waals surface area contributed by atoms with Crippen LogP contribution in [0.3, 0.4) is 0 Å². The molecule has 0 saturated carbocycles. The predicted octanol–water partition coefficient (Wildman–Crippen LogP) is 4.55. The summed E-state index contributed by atoms with van der Waals surface area (Å²) < 4.78 is 1.81. The summed E-state index contributed by atoms with van der Waals surface area (Å²) in [5.74, 6) is 1.48. The van der Waals surface area contributed by atoms with Crippen molar-refractivity contribution in [2.75, 3.05) is 11.9 Å². The van der Waals surface area contributed by atoms with E-state index in [0.717, 1.165) is 32.7 Å². The second-order valence-electron chi connectivity index (χ2n) is 6.42. The Kier molecular flexibility index (Phi) is 4.71. The number of benzene rings is 2. The Hall–Kier alpha value is -3.23. The molecule has 0 amide bonds. The van der Waals surface area contributed by atoms with E-state index in [1.807, 2.05) is 65.3 Å². The number of aromatic nitrogens is 6. The number of anilines is 1. The van der Waals surface area contributed by atoms with Gasteiger partial charge in [-0.15, -0.1) is 5.10 Å². The summed E-state index contributed by atoms with van der Waals surface area (Å²) in [5, 5.41) is 16.7. The lowest BCUT2D eigenvalue weighted by molar-refractivity contribution is 0.890. The van der Waals surface area contributed by atoms with E-state index in [2.05, 4.69) is 30.6 Å². The van der Waals surface area contributed by atoms with Crippen LogP contribution in [0.25, 0.3) is 27.6 Å². The van der Waals surface area contributed by atoms with Gasteiger partial charge < -0.3 is 5.32 Å². The van der Waals surface area contributed by atoms with Crippen molar-refractivity contribution in [2.24, 2.45) is 0 Å². The van der Waals surface area contributed by atoms with Crippen LogP contribution in [0.2, 0.25) is 5.02 Å². The fraction of sp³-hybridized carbons (Fsp3) is 0.100. The molecule has 9 heteroatoms. The van der Waals surface area contributed by atoms with Gasteiger partial charge in [-0.3, -0.25) is 5.10 Å². The predicted molar refractivity (Wildman–Crippen MR) is 115 cm³/mol. The number of aromatic amines is 1. The number of rotatable bonds is 6. The summed E-state index contributed by atoms with van der Waals surface area (Å²) in [7, 11) is 0. The van der Waals surface area contributed by atoms with Gasteiger partial charge in [-0.1, -0.05) is 53.3 Å². The lowest BCUT2D eigenvalue weighted by Gasteiger charge is -1.99. The van der Waals surface area contributed by atoms with E-state index >= 15 is 0 Å². The Morgan fingerprint density at radius 1 is 1.00 bits per heavy atom. The standard InChI is InChI=1S/C20H16ClN7S/c21-15-8-6-14(7-9-15)18-24-17(25-26-18)10-11-22-19-27-28-12-16(23-20(28)29-19)13-4-2-1-3-5-13/h1-9,12H,10-11H2,(H,22,27)(H,24,25,26). The summed E-state index contributed by atoms with van der Waals surface area (Å²) in [6.45, 7) is 0.692. The van der Waals surface area contributed by atoms with Gasteiger partial charge in [0.15, 0.2) is 5.82 Å². The van der Waals surface area contributed by atoms with E-state index in [0.29, 0.717) is 23.8 Å². The zero-order valence-corrected chi connectivity index (χ0v) is 16.8. The fourth-order valence-corrected chi connectivity index (χ4v) is 3.88. The summed E-state index contributed by atoms with van der Waals surface area (Å²) in [6.07, 6.45) is 2.65. The Morgan fingerprint density at radius 2 is 1.83 bits per heavy atom. The van der Waals surface area contributed by atoms with Gasteiger partial charge in [0.1, 0.15) is 5.82 Å². The third-order valence-corrected chi connectivity index (χ3v) is 5.52. The first kappa shape index (κ1) is 17.8. The molecule has 0 fully saturated rings. The molecule has 0 aliphatic carbocycles. The van der Waals surface area contributed by atoms with E-state index in [1.54, 1.807) is 0 Å². The highest BCUT2D eigenvalue weighted by atomic mass is 35.5. The van der Waals surface area contributed by atoms with Gasteiger partial charge in [0.05, 0.1) is 11.9 Å². The molecule has 3 heterocycles. The van der Waals surface area contributed by atoms with E-state index in [9.17, 15) is 0 Å². The van der Waals surface area contributed by atoms with Crippen LogP contribution in [0.15, 0.2) is 60.8 Å². The molecule has 0 aliphatic rings. The van der Waals surface area contributed by atoms with Crippen molar-refractivity contribution in [1.82, 2.24) is 29.8 Å². The number of hydrogen-bond donors (Lipinski definition) is 2. The van der Waals surface area contributed by atoms with Crippen molar-refractivity contribution in [3.05, 3.63) is 71.6 Å². The van der Waals surface area contributed by atoms with Crippen molar-refractivity contribution in [3.8, 4) is 22.6 Å². The Balaban J connectivity index is 1.21. The minimum absolute atomic E-state index is 0.665. The molecule has 0 radical (unpaired) electrons. The average Bonchev–Trinajstić information content (AvgIpc) is 3.44. The molecular weight excluding hydrogens is 406 g/mol. The maximum absolute atomic E-state index is 5.92. The highest BCUT2D eigenvalue weighted by molar-refractivity contribution is 7.20. The zero-order valence-electron chi connectivity index (χ0n) is 15.2. The van der Waals surface area contributed by atoms with Crippen molar-refractivity contribution in [1.29, 1.82) is 0 Å². The molecular formula is C20H16ClN7S. The SMILES string of the molecule is Clc1ccc(-c2n[nH]c(CCNc3nn4cc(-c5ccccc5)nc4s3)n2)cc1. The molecule has 3 aromatic heterocycles. The first-order valence-electron chi connectivity index (χ1n) is 9.07. The van der Waals surface area contributed by atoms with Crippen molar-refractivity contribution in [3.63, 3.8) is 0 Å². The molecule has 2 N–H and O–H groups in total. The number of halogens is 1. The van der Waals surface area contributed by atoms with Crippen molar-refractivity contribution in [2.45, 2.75) is 6.42 Å². The maximum Gasteiger partial charge on any atom is 0.214 e. The summed E-state index contributed by atoms with van der Waals surface area (Å²) >= 11 is 7.45. The van der Waals surface area contributed by atoms with Crippen LogP contribution in [0, 0.1) is 0 Å². The first-order valence-corrected chi connectivity index (χ1v) is 10.3. The molecule has 0 spiro atoms. The third kappa shape index (κ3) is 3.85. The zero-order chi connectivity index (χ0) is 19.6. The number of H-pyrrole nitrogens is 1. The maximum atomic E-state index is 5.92. The van der Waals surface area contributed by atoms with E-state index in [-0.39, 0.29) is 0 Å². The fourth-order valence-electron chi connectivity index (χ4n) is 2.94. The Labute approximate surface area is 175 Å². The molecule has 5 rings (SSSR count). The van der Waals surface area contributed by atoms with E-state index in [1.165, 1.54) is 11.3 Å². The minimum atomic E-state index is 0.665. The van der Waals surface area contributed by atoms with Crippen LogP contribution >= 0.6 is 22.9 Å². The highest BCUT2D eigenvalue weighted by Gasteiger charge is 2.10. The lowest BCUT2D eigenvalue weighted by Crippen LogP contribution is -2.06. The molecule has 144 valence electrons. The molecule has 0 bridgehead atoms. The van der Waals surface area contributed by atoms with Crippen molar-refractivity contribution >= 4 is 33.0 Å². The minimum Gasteiger partial charge on any atom is -0.360 e. The number of nitrogens with zero attached hydrogens (tertiary/aromatic N) is 5. The Bertz CT molecular complexity index is 1210. The van der Waals surface area contributed by atoms with Gasteiger partial charge in [0, 0.05) is 29.1 Å². The van der Waals surface area contributed by atoms with Crippen molar-refractivity contribution < 1.29 is 0 Å². The van der Waals surface area contributed by atoms with Gasteiger partial charge in [0.25, 0.3) is 0 Å². The number of imidazole rings is 1. The monoisotopic (exact) mass is 421 g/mol. The van der Waals surface area contributed by atoms with Crippen LogP contribution in [0.5, 0.6) is 0 Å². The first-order chi connectivity index (χ1) is 14.2. The van der Waals surface area contributed by atoms with Crippen LogP contribution < -0.4 is 5.32 Å². The molecule has 0 unspecified atom stereocenters. The van der Waals surface area contributed by atoms with Crippen LogP contribution in [-0.2, 0) is 6.42 Å². The smallest absolute Gasteiger partial charge is 0.214 e. The molecule has 0 atom stereocenters. The van der Waals surface area contributed by atoms with Gasteiger partial charge in [-0.2, -0.15) is 5.10 Å². The largest absolute Gasteiger partial charge is 0.360 e. The average molecular weight is 422 g/mol.